The fraction of sp³-hybridized carbons (Fsp3) is 0.360. The van der Waals surface area contributed by atoms with Crippen molar-refractivity contribution in [2.75, 3.05) is 13.1 Å². The summed E-state index contributed by atoms with van der Waals surface area (Å²) in [5, 5.41) is 0.970. The molecule has 2 aliphatic rings. The van der Waals surface area contributed by atoms with Crippen molar-refractivity contribution in [2.24, 2.45) is 0 Å². The minimum atomic E-state index is -0.522. The second kappa shape index (κ2) is 6.73. The van der Waals surface area contributed by atoms with E-state index in [1.807, 2.05) is 62.1 Å². The molecule has 1 fully saturated rings. The molecule has 5 rings (SSSR count). The monoisotopic (exact) mass is 403 g/mol. The van der Waals surface area contributed by atoms with Crippen molar-refractivity contribution in [1.82, 2.24) is 4.90 Å². The van der Waals surface area contributed by atoms with E-state index < -0.39 is 5.60 Å². The predicted octanol–water partition coefficient (Wildman–Crippen LogP) is 5.00. The van der Waals surface area contributed by atoms with Gasteiger partial charge < -0.3 is 14.1 Å². The molecule has 0 N–H and O–H groups in total. The van der Waals surface area contributed by atoms with E-state index in [4.69, 9.17) is 9.15 Å². The van der Waals surface area contributed by atoms with Gasteiger partial charge in [-0.05, 0) is 50.1 Å². The molecule has 154 valence electrons. The lowest BCUT2D eigenvalue weighted by Crippen LogP contribution is -2.52. The lowest BCUT2D eigenvalue weighted by Gasteiger charge is -2.44. The molecular weight excluding hydrogens is 378 g/mol. The smallest absolute Gasteiger partial charge is 0.289 e. The number of furan rings is 1. The minimum absolute atomic E-state index is 0.0902. The van der Waals surface area contributed by atoms with Gasteiger partial charge in [-0.3, -0.25) is 9.59 Å². The van der Waals surface area contributed by atoms with Gasteiger partial charge in [0.15, 0.2) is 11.5 Å². The van der Waals surface area contributed by atoms with Crippen LogP contribution < -0.4 is 4.74 Å². The normalized spacial score (nSPS) is 17.8. The van der Waals surface area contributed by atoms with Crippen molar-refractivity contribution in [3.8, 4) is 5.75 Å². The molecular formula is C25H25NO4. The van der Waals surface area contributed by atoms with Crippen LogP contribution in [-0.4, -0.2) is 35.3 Å². The Labute approximate surface area is 175 Å². The van der Waals surface area contributed by atoms with Gasteiger partial charge in [0.05, 0.1) is 12.0 Å². The van der Waals surface area contributed by atoms with Gasteiger partial charge >= 0.3 is 0 Å². The Morgan fingerprint density at radius 2 is 1.73 bits per heavy atom. The molecule has 30 heavy (non-hydrogen) atoms. The van der Waals surface area contributed by atoms with E-state index in [1.165, 1.54) is 0 Å². The summed E-state index contributed by atoms with van der Waals surface area (Å²) in [7, 11) is 0. The molecule has 5 nitrogen and oxygen atoms in total. The Kier molecular flexibility index (Phi) is 4.24. The van der Waals surface area contributed by atoms with Crippen LogP contribution in [0.4, 0.5) is 0 Å². The lowest BCUT2D eigenvalue weighted by atomic mass is 9.82. The summed E-state index contributed by atoms with van der Waals surface area (Å²) in [6.07, 6.45) is 1.64. The van der Waals surface area contributed by atoms with Crippen molar-refractivity contribution >= 4 is 22.7 Å². The Hall–Kier alpha value is -3.08. The van der Waals surface area contributed by atoms with Crippen LogP contribution in [-0.2, 0) is 0 Å². The molecule has 3 aromatic rings. The number of hydrogen-bond acceptors (Lipinski definition) is 4. The van der Waals surface area contributed by atoms with E-state index >= 15 is 0 Å². The van der Waals surface area contributed by atoms with Gasteiger partial charge in [0, 0.05) is 36.9 Å². The van der Waals surface area contributed by atoms with Crippen LogP contribution in [0.3, 0.4) is 0 Å². The summed E-state index contributed by atoms with van der Waals surface area (Å²) in [6, 6.07) is 11.6. The largest absolute Gasteiger partial charge is 0.486 e. The molecule has 2 aliphatic heterocycles. The van der Waals surface area contributed by atoms with E-state index in [0.29, 0.717) is 49.4 Å². The van der Waals surface area contributed by atoms with E-state index in [2.05, 4.69) is 0 Å². The Morgan fingerprint density at radius 3 is 2.47 bits per heavy atom. The number of benzene rings is 2. The predicted molar refractivity (Wildman–Crippen MR) is 114 cm³/mol. The summed E-state index contributed by atoms with van der Waals surface area (Å²) in [5.41, 5.74) is 3.98. The second-order valence-corrected chi connectivity index (χ2v) is 8.66. The zero-order chi connectivity index (χ0) is 21.0. The van der Waals surface area contributed by atoms with Crippen LogP contribution in [0.15, 0.2) is 40.8 Å². The Balaban J connectivity index is 1.36. The first-order valence-corrected chi connectivity index (χ1v) is 10.5. The second-order valence-electron chi connectivity index (χ2n) is 8.66. The fourth-order valence-corrected chi connectivity index (χ4v) is 4.67. The highest BCUT2D eigenvalue weighted by Crippen LogP contribution is 2.40. The van der Waals surface area contributed by atoms with Crippen molar-refractivity contribution in [1.29, 1.82) is 0 Å². The molecule has 0 unspecified atom stereocenters. The Bertz CT molecular complexity index is 1180. The molecule has 0 radical (unpaired) electrons. The standard InChI is InChI=1S/C25H25NO4/c1-15-12-19-20(27)14-25(30-22(19)13-16(15)2)8-10-26(11-9-25)24(28)23-17(3)18-6-4-5-7-21(18)29-23/h4-7,12-13H,8-11,14H2,1-3H3. The number of fused-ring (bicyclic) bond motifs is 2. The van der Waals surface area contributed by atoms with Crippen LogP contribution in [0, 0.1) is 20.8 Å². The maximum atomic E-state index is 13.1. The summed E-state index contributed by atoms with van der Waals surface area (Å²) < 4.78 is 12.3. The number of piperidine rings is 1. The highest BCUT2D eigenvalue weighted by atomic mass is 16.5. The third-order valence-electron chi connectivity index (χ3n) is 6.71. The number of carbonyl (C=O) groups excluding carboxylic acids is 2. The first kappa shape index (κ1) is 18.9. The molecule has 0 saturated carbocycles. The number of rotatable bonds is 1. The zero-order valence-corrected chi connectivity index (χ0v) is 17.6. The third-order valence-corrected chi connectivity index (χ3v) is 6.71. The van der Waals surface area contributed by atoms with Crippen LogP contribution in [0.5, 0.6) is 5.75 Å². The molecule has 5 heteroatoms. The summed E-state index contributed by atoms with van der Waals surface area (Å²) in [4.78, 5) is 27.8. The highest BCUT2D eigenvalue weighted by Gasteiger charge is 2.44. The number of ketones is 1. The number of aryl methyl sites for hydroxylation is 3. The number of likely N-dealkylation sites (tertiary alicyclic amines) is 1. The molecule has 1 saturated heterocycles. The van der Waals surface area contributed by atoms with Crippen LogP contribution in [0.25, 0.3) is 11.0 Å². The van der Waals surface area contributed by atoms with E-state index in [0.717, 1.165) is 27.7 Å². The summed E-state index contributed by atoms with van der Waals surface area (Å²) >= 11 is 0. The first-order chi connectivity index (χ1) is 14.4. The fourth-order valence-electron chi connectivity index (χ4n) is 4.67. The van der Waals surface area contributed by atoms with Crippen LogP contribution in [0.1, 0.15) is 56.9 Å². The van der Waals surface area contributed by atoms with Gasteiger partial charge in [-0.1, -0.05) is 18.2 Å². The average Bonchev–Trinajstić information content (AvgIpc) is 3.07. The number of para-hydroxylation sites is 1. The average molecular weight is 403 g/mol. The highest BCUT2D eigenvalue weighted by molar-refractivity contribution is 6.01. The molecule has 2 aromatic carbocycles. The van der Waals surface area contributed by atoms with Gasteiger partial charge in [0.25, 0.3) is 5.91 Å². The van der Waals surface area contributed by atoms with Crippen LogP contribution >= 0.6 is 0 Å². The number of hydrogen-bond donors (Lipinski definition) is 0. The number of nitrogens with zero attached hydrogens (tertiary/aromatic N) is 1. The van der Waals surface area contributed by atoms with E-state index in [-0.39, 0.29) is 11.7 Å². The van der Waals surface area contributed by atoms with Gasteiger partial charge in [0.2, 0.25) is 0 Å². The summed E-state index contributed by atoms with van der Waals surface area (Å²) in [5.74, 6) is 1.13. The van der Waals surface area contributed by atoms with E-state index in [9.17, 15) is 9.59 Å². The van der Waals surface area contributed by atoms with E-state index in [1.54, 1.807) is 0 Å². The molecule has 3 heterocycles. The molecule has 0 bridgehead atoms. The third kappa shape index (κ3) is 2.92. The van der Waals surface area contributed by atoms with Gasteiger partial charge in [0.1, 0.15) is 16.9 Å². The molecule has 0 atom stereocenters. The zero-order valence-electron chi connectivity index (χ0n) is 17.6. The maximum Gasteiger partial charge on any atom is 0.289 e. The van der Waals surface area contributed by atoms with Crippen molar-refractivity contribution < 1.29 is 18.7 Å². The summed E-state index contributed by atoms with van der Waals surface area (Å²) in [6.45, 7) is 7.05. The topological polar surface area (TPSA) is 59.8 Å². The number of ether oxygens (including phenoxy) is 1. The van der Waals surface area contributed by atoms with Crippen molar-refractivity contribution in [3.05, 3.63) is 64.4 Å². The van der Waals surface area contributed by atoms with Gasteiger partial charge in [-0.2, -0.15) is 0 Å². The Morgan fingerprint density at radius 1 is 1.03 bits per heavy atom. The number of amides is 1. The molecule has 1 amide bonds. The number of carbonyl (C=O) groups is 2. The number of Topliss-reactive ketones (excluding diaryl/α,β-unsaturated/α-hetero) is 1. The maximum absolute atomic E-state index is 13.1. The molecule has 1 spiro atoms. The van der Waals surface area contributed by atoms with Gasteiger partial charge in [-0.15, -0.1) is 0 Å². The molecule has 0 aliphatic carbocycles. The minimum Gasteiger partial charge on any atom is -0.486 e. The quantitative estimate of drug-likeness (QED) is 0.574. The van der Waals surface area contributed by atoms with Crippen molar-refractivity contribution in [2.45, 2.75) is 45.6 Å². The van der Waals surface area contributed by atoms with Gasteiger partial charge in [-0.25, -0.2) is 0 Å². The molecule has 1 aromatic heterocycles. The van der Waals surface area contributed by atoms with Crippen LogP contribution in [0.2, 0.25) is 0 Å². The SMILES string of the molecule is Cc1cc2c(cc1C)C(=O)CC1(CCN(C(=O)c3oc4ccccc4c3C)CC1)O2. The lowest BCUT2D eigenvalue weighted by molar-refractivity contribution is -0.00643. The first-order valence-electron chi connectivity index (χ1n) is 10.5. The van der Waals surface area contributed by atoms with Crippen molar-refractivity contribution in [3.63, 3.8) is 0 Å².